The van der Waals surface area contributed by atoms with E-state index in [1.165, 1.54) is 6.07 Å². The molecule has 0 atom stereocenters. The second-order valence-electron chi connectivity index (χ2n) is 4.26. The third-order valence-electron chi connectivity index (χ3n) is 2.81. The number of benzene rings is 1. The zero-order valence-electron chi connectivity index (χ0n) is 10.7. The van der Waals surface area contributed by atoms with E-state index in [9.17, 15) is 4.39 Å². The monoisotopic (exact) mass is 246 g/mol. The first-order chi connectivity index (χ1) is 8.69. The zero-order chi connectivity index (χ0) is 13.0. The van der Waals surface area contributed by atoms with Crippen molar-refractivity contribution in [2.24, 2.45) is 0 Å². The van der Waals surface area contributed by atoms with Crippen LogP contribution in [0.15, 0.2) is 42.7 Å². The molecule has 0 radical (unpaired) electrons. The molecule has 0 aliphatic carbocycles. The lowest BCUT2D eigenvalue weighted by Crippen LogP contribution is -2.30. The molecule has 2 aromatic rings. The van der Waals surface area contributed by atoms with Crippen LogP contribution in [0, 0.1) is 12.7 Å². The molecule has 0 saturated heterocycles. The minimum atomic E-state index is -0.311. The van der Waals surface area contributed by atoms with E-state index in [0.29, 0.717) is 12.4 Å². The molecule has 1 aromatic heterocycles. The molecule has 0 fully saturated rings. The summed E-state index contributed by atoms with van der Waals surface area (Å²) in [6.07, 6.45) is 3.98. The molecule has 18 heavy (non-hydrogen) atoms. The lowest BCUT2D eigenvalue weighted by molar-refractivity contribution is -0.693. The zero-order valence-corrected chi connectivity index (χ0v) is 10.7. The number of rotatable bonds is 4. The van der Waals surface area contributed by atoms with Gasteiger partial charge in [0.25, 0.3) is 0 Å². The van der Waals surface area contributed by atoms with Crippen molar-refractivity contribution in [2.75, 3.05) is 0 Å². The molecule has 2 nitrogen and oxygen atoms in total. The van der Waals surface area contributed by atoms with Crippen LogP contribution >= 0.6 is 0 Å². The Morgan fingerprint density at radius 3 is 2.50 bits per heavy atom. The summed E-state index contributed by atoms with van der Waals surface area (Å²) < 4.78 is 21.1. The summed E-state index contributed by atoms with van der Waals surface area (Å²) in [6.45, 7) is 5.25. The van der Waals surface area contributed by atoms with Crippen LogP contribution in [-0.4, -0.2) is 0 Å². The summed E-state index contributed by atoms with van der Waals surface area (Å²) in [5.41, 5.74) is 1.92. The maximum Gasteiger partial charge on any atom is 0.169 e. The molecule has 0 saturated carbocycles. The van der Waals surface area contributed by atoms with E-state index in [-0.39, 0.29) is 5.82 Å². The van der Waals surface area contributed by atoms with Gasteiger partial charge in [0, 0.05) is 17.7 Å². The minimum Gasteiger partial charge on any atom is -0.486 e. The third kappa shape index (κ3) is 3.06. The highest BCUT2D eigenvalue weighted by atomic mass is 19.1. The number of nitrogens with zero attached hydrogens (tertiary/aromatic N) is 1. The lowest BCUT2D eigenvalue weighted by Gasteiger charge is -2.07. The van der Waals surface area contributed by atoms with Crippen LogP contribution in [-0.2, 0) is 13.2 Å². The van der Waals surface area contributed by atoms with Crippen molar-refractivity contribution in [3.05, 3.63) is 59.7 Å². The van der Waals surface area contributed by atoms with Crippen LogP contribution in [0.4, 0.5) is 4.39 Å². The molecule has 1 heterocycles. The standard InChI is InChI=1S/C15H17FNO/c1-3-17-8-6-13(7-9-17)11-18-15-5-4-12(2)10-14(15)16/h4-10H,3,11H2,1-2H3/q+1. The maximum absolute atomic E-state index is 13.5. The smallest absolute Gasteiger partial charge is 0.169 e. The number of ether oxygens (including phenoxy) is 1. The molecule has 0 amide bonds. The van der Waals surface area contributed by atoms with Crippen LogP contribution in [0.5, 0.6) is 5.75 Å². The highest BCUT2D eigenvalue weighted by Crippen LogP contribution is 2.18. The van der Waals surface area contributed by atoms with Gasteiger partial charge in [-0.3, -0.25) is 0 Å². The van der Waals surface area contributed by atoms with Crippen LogP contribution in [0.2, 0.25) is 0 Å². The Kier molecular flexibility index (Phi) is 3.92. The molecule has 0 aliphatic rings. The van der Waals surface area contributed by atoms with Crippen LogP contribution in [0.25, 0.3) is 0 Å². The average Bonchev–Trinajstić information content (AvgIpc) is 2.38. The molecule has 94 valence electrons. The quantitative estimate of drug-likeness (QED) is 0.756. The normalized spacial score (nSPS) is 10.4. The first kappa shape index (κ1) is 12.6. The Bertz CT molecular complexity index is 523. The highest BCUT2D eigenvalue weighted by molar-refractivity contribution is 5.28. The second kappa shape index (κ2) is 5.63. The Labute approximate surface area is 107 Å². The fourth-order valence-corrected chi connectivity index (χ4v) is 1.68. The molecular formula is C15H17FNO+. The fourth-order valence-electron chi connectivity index (χ4n) is 1.68. The summed E-state index contributed by atoms with van der Waals surface area (Å²) in [6, 6.07) is 8.95. The second-order valence-corrected chi connectivity index (χ2v) is 4.26. The number of hydrogen-bond acceptors (Lipinski definition) is 1. The van der Waals surface area contributed by atoms with Gasteiger partial charge in [-0.1, -0.05) is 6.07 Å². The predicted octanol–water partition coefficient (Wildman–Crippen LogP) is 3.02. The fraction of sp³-hybridized carbons (Fsp3) is 0.267. The molecule has 0 bridgehead atoms. The SMILES string of the molecule is CC[n+]1ccc(COc2ccc(C)cc2F)cc1. The number of aromatic nitrogens is 1. The van der Waals surface area contributed by atoms with E-state index in [0.717, 1.165) is 17.7 Å². The average molecular weight is 246 g/mol. The highest BCUT2D eigenvalue weighted by Gasteiger charge is 2.04. The molecule has 0 unspecified atom stereocenters. The van der Waals surface area contributed by atoms with E-state index in [2.05, 4.69) is 11.5 Å². The van der Waals surface area contributed by atoms with Crippen molar-refractivity contribution in [2.45, 2.75) is 27.0 Å². The largest absolute Gasteiger partial charge is 0.486 e. The first-order valence-electron chi connectivity index (χ1n) is 6.06. The van der Waals surface area contributed by atoms with Crippen molar-refractivity contribution < 1.29 is 13.7 Å². The first-order valence-corrected chi connectivity index (χ1v) is 6.06. The van der Waals surface area contributed by atoms with Gasteiger partial charge in [0.2, 0.25) is 0 Å². The third-order valence-corrected chi connectivity index (χ3v) is 2.81. The van der Waals surface area contributed by atoms with Gasteiger partial charge < -0.3 is 4.74 Å². The number of hydrogen-bond donors (Lipinski definition) is 0. The molecular weight excluding hydrogens is 229 g/mol. The van der Waals surface area contributed by atoms with Gasteiger partial charge in [-0.25, -0.2) is 8.96 Å². The molecule has 0 aliphatic heterocycles. The van der Waals surface area contributed by atoms with Crippen LogP contribution < -0.4 is 9.30 Å². The summed E-state index contributed by atoms with van der Waals surface area (Å²) in [5, 5.41) is 0. The van der Waals surface area contributed by atoms with E-state index in [4.69, 9.17) is 4.74 Å². The maximum atomic E-state index is 13.5. The molecule has 0 spiro atoms. The topological polar surface area (TPSA) is 13.1 Å². The number of aryl methyl sites for hydroxylation is 2. The summed E-state index contributed by atoms with van der Waals surface area (Å²) >= 11 is 0. The van der Waals surface area contributed by atoms with Gasteiger partial charge in [0.1, 0.15) is 13.2 Å². The predicted molar refractivity (Wildman–Crippen MR) is 67.8 cm³/mol. The van der Waals surface area contributed by atoms with Gasteiger partial charge in [-0.2, -0.15) is 0 Å². The molecule has 1 aromatic carbocycles. The number of halogens is 1. The van der Waals surface area contributed by atoms with E-state index in [1.54, 1.807) is 6.07 Å². The van der Waals surface area contributed by atoms with Gasteiger partial charge in [0.15, 0.2) is 24.0 Å². The Morgan fingerprint density at radius 2 is 1.89 bits per heavy atom. The van der Waals surface area contributed by atoms with E-state index in [1.807, 2.05) is 37.5 Å². The Hall–Kier alpha value is -1.90. The van der Waals surface area contributed by atoms with Crippen molar-refractivity contribution in [1.29, 1.82) is 0 Å². The van der Waals surface area contributed by atoms with Crippen molar-refractivity contribution in [3.63, 3.8) is 0 Å². The Balaban J connectivity index is 2.02. The summed E-state index contributed by atoms with van der Waals surface area (Å²) in [7, 11) is 0. The van der Waals surface area contributed by atoms with Crippen molar-refractivity contribution in [1.82, 2.24) is 0 Å². The van der Waals surface area contributed by atoms with Gasteiger partial charge >= 0.3 is 0 Å². The number of pyridine rings is 1. The molecule has 2 rings (SSSR count). The molecule has 0 N–H and O–H groups in total. The van der Waals surface area contributed by atoms with Crippen molar-refractivity contribution in [3.8, 4) is 5.75 Å². The Morgan fingerprint density at radius 1 is 1.17 bits per heavy atom. The van der Waals surface area contributed by atoms with Crippen LogP contribution in [0.3, 0.4) is 0 Å². The molecule has 3 heteroatoms. The van der Waals surface area contributed by atoms with Gasteiger partial charge in [0.05, 0.1) is 0 Å². The van der Waals surface area contributed by atoms with Crippen molar-refractivity contribution >= 4 is 0 Å². The van der Waals surface area contributed by atoms with E-state index < -0.39 is 0 Å². The van der Waals surface area contributed by atoms with E-state index >= 15 is 0 Å². The van der Waals surface area contributed by atoms with Gasteiger partial charge in [-0.15, -0.1) is 0 Å². The van der Waals surface area contributed by atoms with Gasteiger partial charge in [-0.05, 0) is 31.5 Å². The summed E-state index contributed by atoms with van der Waals surface area (Å²) in [5.74, 6) is -0.0117. The minimum absolute atomic E-state index is 0.299. The summed E-state index contributed by atoms with van der Waals surface area (Å²) in [4.78, 5) is 0. The van der Waals surface area contributed by atoms with Crippen LogP contribution in [0.1, 0.15) is 18.1 Å². The lowest BCUT2D eigenvalue weighted by atomic mass is 10.2.